The number of rotatable bonds is 40. The van der Waals surface area contributed by atoms with Crippen LogP contribution in [-0.2, 0) is 76.0 Å². The molecule has 0 saturated carbocycles. The molecule has 1 rings (SSSR count). The largest absolute Gasteiger partial charge is 0.480 e. The molecule has 0 aromatic carbocycles. The summed E-state index contributed by atoms with van der Waals surface area (Å²) in [6.45, 7) is 9.82. The molecule has 2 N–H and O–H groups in total. The molecule has 0 aromatic heterocycles. The van der Waals surface area contributed by atoms with Crippen molar-refractivity contribution >= 4 is 23.7 Å². The maximum absolute atomic E-state index is 12.0. The lowest BCUT2D eigenvalue weighted by Crippen LogP contribution is -2.51. The molecule has 3 amide bonds. The van der Waals surface area contributed by atoms with E-state index in [1.165, 1.54) is 0 Å². The Morgan fingerprint density at radius 1 is 0.519 bits per heavy atom. The molecule has 0 spiro atoms. The van der Waals surface area contributed by atoms with E-state index in [9.17, 15) is 24.3 Å². The van der Waals surface area contributed by atoms with Crippen molar-refractivity contribution in [2.24, 2.45) is 0 Å². The van der Waals surface area contributed by atoms with E-state index in [1.54, 1.807) is 7.11 Å². The zero-order chi connectivity index (χ0) is 37.7. The summed E-state index contributed by atoms with van der Waals surface area (Å²) >= 11 is 0. The van der Waals surface area contributed by atoms with E-state index < -0.39 is 36.3 Å². The van der Waals surface area contributed by atoms with Gasteiger partial charge in [0.15, 0.2) is 6.04 Å². The van der Waals surface area contributed by atoms with Crippen LogP contribution in [0.2, 0.25) is 0 Å². The molecule has 0 fully saturated rings. The average molecular weight is 755 g/mol. The Morgan fingerprint density at radius 2 is 0.788 bits per heavy atom. The Hall–Kier alpha value is -2.66. The van der Waals surface area contributed by atoms with Gasteiger partial charge in [0.1, 0.15) is 0 Å². The highest BCUT2D eigenvalue weighted by atomic mass is 16.6. The molecule has 52 heavy (non-hydrogen) atoms. The van der Waals surface area contributed by atoms with Gasteiger partial charge < -0.3 is 67.3 Å². The SMILES string of the molecule is COCCOCCOCCOCCOCCOCCOCCOCCOCCOCCOCCOCCC(=O)NC[C@@H](C(=O)O)N1C(=O)C=CC1=O. The number of nitrogens with one attached hydrogen (secondary N) is 1. The maximum atomic E-state index is 12.0. The number of carbonyl (C=O) groups excluding carboxylic acids is 3. The van der Waals surface area contributed by atoms with Crippen molar-refractivity contribution in [2.45, 2.75) is 12.5 Å². The van der Waals surface area contributed by atoms with Crippen LogP contribution >= 0.6 is 0 Å². The first-order valence-electron chi connectivity index (χ1n) is 17.4. The number of aliphatic carboxylic acids is 1. The predicted molar refractivity (Wildman–Crippen MR) is 181 cm³/mol. The second-order valence-corrected chi connectivity index (χ2v) is 10.5. The number of hydrogen-bond donors (Lipinski definition) is 2. The summed E-state index contributed by atoms with van der Waals surface area (Å²) in [5.41, 5.74) is 0. The first-order valence-corrected chi connectivity index (χ1v) is 17.4. The van der Waals surface area contributed by atoms with Gasteiger partial charge in [-0.25, -0.2) is 4.79 Å². The van der Waals surface area contributed by atoms with Gasteiger partial charge in [0.2, 0.25) is 5.91 Å². The first-order chi connectivity index (χ1) is 25.5. The van der Waals surface area contributed by atoms with E-state index in [0.29, 0.717) is 144 Å². The van der Waals surface area contributed by atoms with Gasteiger partial charge in [0, 0.05) is 32.2 Å². The van der Waals surface area contributed by atoms with E-state index >= 15 is 0 Å². The van der Waals surface area contributed by atoms with Crippen LogP contribution in [0, 0.1) is 0 Å². The molecule has 19 nitrogen and oxygen atoms in total. The smallest absolute Gasteiger partial charge is 0.328 e. The highest BCUT2D eigenvalue weighted by Crippen LogP contribution is 2.09. The summed E-state index contributed by atoms with van der Waals surface area (Å²) in [4.78, 5) is 47.3. The lowest BCUT2D eigenvalue weighted by Gasteiger charge is -2.22. The van der Waals surface area contributed by atoms with Crippen molar-refractivity contribution in [1.82, 2.24) is 10.2 Å². The van der Waals surface area contributed by atoms with Gasteiger partial charge in [-0.3, -0.25) is 19.3 Å². The topological polar surface area (TPSA) is 215 Å². The summed E-state index contributed by atoms with van der Waals surface area (Å²) in [6.07, 6.45) is 1.95. The number of nitrogens with zero attached hydrogens (tertiary/aromatic N) is 1. The summed E-state index contributed by atoms with van der Waals surface area (Å²) < 4.78 is 64.4. The summed E-state index contributed by atoms with van der Waals surface area (Å²) in [5.74, 6) is -3.34. The Morgan fingerprint density at radius 3 is 1.06 bits per heavy atom. The zero-order valence-corrected chi connectivity index (χ0v) is 30.3. The molecule has 19 heteroatoms. The highest BCUT2D eigenvalue weighted by molar-refractivity contribution is 6.14. The average Bonchev–Trinajstić information content (AvgIpc) is 3.46. The van der Waals surface area contributed by atoms with Crippen molar-refractivity contribution in [1.29, 1.82) is 0 Å². The van der Waals surface area contributed by atoms with Gasteiger partial charge in [0.05, 0.1) is 152 Å². The minimum Gasteiger partial charge on any atom is -0.480 e. The summed E-state index contributed by atoms with van der Waals surface area (Å²) in [5, 5.41) is 11.7. The molecular weight excluding hydrogens is 696 g/mol. The molecular formula is C33H58N2O17. The molecule has 0 unspecified atom stereocenters. The minimum absolute atomic E-state index is 0.0223. The van der Waals surface area contributed by atoms with Gasteiger partial charge >= 0.3 is 5.97 Å². The Kier molecular flexibility index (Phi) is 32.2. The Balaban J connectivity index is 1.71. The number of methoxy groups -OCH3 is 1. The number of carboxylic acid groups (broad SMARTS) is 1. The zero-order valence-electron chi connectivity index (χ0n) is 30.3. The van der Waals surface area contributed by atoms with Crippen molar-refractivity contribution in [2.75, 3.05) is 166 Å². The second kappa shape index (κ2) is 35.4. The number of carboxylic acids is 1. The van der Waals surface area contributed by atoms with Gasteiger partial charge in [0.25, 0.3) is 11.8 Å². The van der Waals surface area contributed by atoms with E-state index in [-0.39, 0.29) is 19.6 Å². The van der Waals surface area contributed by atoms with Gasteiger partial charge in [-0.15, -0.1) is 0 Å². The Bertz CT molecular complexity index is 924. The molecule has 1 heterocycles. The minimum atomic E-state index is -1.48. The third-order valence-electron chi connectivity index (χ3n) is 6.56. The van der Waals surface area contributed by atoms with Crippen LogP contribution in [0.25, 0.3) is 0 Å². The number of carbonyl (C=O) groups is 4. The lowest BCUT2D eigenvalue weighted by molar-refractivity contribution is -0.153. The van der Waals surface area contributed by atoms with Crippen LogP contribution in [0.15, 0.2) is 12.2 Å². The number of amides is 3. The molecule has 302 valence electrons. The molecule has 0 aromatic rings. The quantitative estimate of drug-likeness (QED) is 0.0549. The van der Waals surface area contributed by atoms with Crippen LogP contribution in [0.5, 0.6) is 0 Å². The third kappa shape index (κ3) is 27.9. The molecule has 1 aliphatic heterocycles. The maximum Gasteiger partial charge on any atom is 0.328 e. The van der Waals surface area contributed by atoms with E-state index in [4.69, 9.17) is 56.8 Å². The van der Waals surface area contributed by atoms with Gasteiger partial charge in [-0.2, -0.15) is 0 Å². The molecule has 0 radical (unpaired) electrons. The van der Waals surface area contributed by atoms with Crippen LogP contribution in [0.4, 0.5) is 0 Å². The second-order valence-electron chi connectivity index (χ2n) is 10.5. The predicted octanol–water partition coefficient (Wildman–Crippen LogP) is -1.30. The molecule has 0 aliphatic carbocycles. The monoisotopic (exact) mass is 754 g/mol. The molecule has 1 atom stereocenters. The van der Waals surface area contributed by atoms with Crippen molar-refractivity contribution in [3.05, 3.63) is 12.2 Å². The van der Waals surface area contributed by atoms with Crippen LogP contribution in [-0.4, -0.2) is 205 Å². The first kappa shape index (κ1) is 47.4. The fourth-order valence-corrected chi connectivity index (χ4v) is 3.92. The fourth-order valence-electron chi connectivity index (χ4n) is 3.92. The van der Waals surface area contributed by atoms with Crippen molar-refractivity contribution in [3.63, 3.8) is 0 Å². The number of hydrogen-bond acceptors (Lipinski definition) is 16. The third-order valence-corrected chi connectivity index (χ3v) is 6.56. The van der Waals surface area contributed by atoms with Gasteiger partial charge in [-0.05, 0) is 0 Å². The molecule has 0 bridgehead atoms. The number of imide groups is 1. The van der Waals surface area contributed by atoms with E-state index in [1.807, 2.05) is 0 Å². The van der Waals surface area contributed by atoms with Crippen molar-refractivity contribution in [3.8, 4) is 0 Å². The fraction of sp³-hybridized carbons (Fsp3) is 0.818. The summed E-state index contributed by atoms with van der Waals surface area (Å²) in [6, 6.07) is -1.48. The van der Waals surface area contributed by atoms with Crippen LogP contribution in [0.3, 0.4) is 0 Å². The van der Waals surface area contributed by atoms with Gasteiger partial charge in [-0.1, -0.05) is 0 Å². The molecule has 1 aliphatic rings. The van der Waals surface area contributed by atoms with Crippen LogP contribution < -0.4 is 5.32 Å². The number of ether oxygens (including phenoxy) is 12. The highest BCUT2D eigenvalue weighted by Gasteiger charge is 2.35. The Labute approximate surface area is 305 Å². The van der Waals surface area contributed by atoms with E-state index in [2.05, 4.69) is 5.32 Å². The summed E-state index contributed by atoms with van der Waals surface area (Å²) in [7, 11) is 1.63. The lowest BCUT2D eigenvalue weighted by atomic mass is 10.2. The van der Waals surface area contributed by atoms with E-state index in [0.717, 1.165) is 12.2 Å². The standard InChI is InChI=1S/C33H58N2O17/c1-41-6-7-43-10-11-45-14-15-47-18-19-49-22-23-51-26-27-52-25-24-50-21-20-48-17-16-46-13-12-44-9-8-42-5-4-30(36)34-28-29(33(39)40)35-31(37)2-3-32(35)38/h2-3,29H,4-28H2,1H3,(H,34,36)(H,39,40)/t29-/m0/s1. The normalized spacial score (nSPS) is 13.4. The van der Waals surface area contributed by atoms with Crippen molar-refractivity contribution < 1.29 is 81.1 Å². The molecule has 0 saturated heterocycles. The van der Waals surface area contributed by atoms with Crippen LogP contribution in [0.1, 0.15) is 6.42 Å².